The number of carbonyl (C=O) groups excluding carboxylic acids is 1. The number of carbonyl (C=O) groups is 1. The quantitative estimate of drug-likeness (QED) is 0.785. The zero-order valence-corrected chi connectivity index (χ0v) is 15.3. The van der Waals surface area contributed by atoms with Crippen molar-refractivity contribution < 1.29 is 9.53 Å². The molecule has 3 heterocycles. The van der Waals surface area contributed by atoms with Crippen LogP contribution in [0.1, 0.15) is 48.7 Å². The van der Waals surface area contributed by atoms with Crippen LogP contribution in [-0.2, 0) is 4.74 Å². The van der Waals surface area contributed by atoms with E-state index < -0.39 is 0 Å². The first-order chi connectivity index (χ1) is 11.8. The van der Waals surface area contributed by atoms with E-state index in [-0.39, 0.29) is 5.91 Å². The molecule has 1 aromatic heterocycles. The Balaban J connectivity index is 1.53. The largest absolute Gasteiger partial charge is 0.497 e. The summed E-state index contributed by atoms with van der Waals surface area (Å²) in [6, 6.07) is 4.28. The second-order valence-electron chi connectivity index (χ2n) is 6.71. The third-order valence-electron chi connectivity index (χ3n) is 4.94. The van der Waals surface area contributed by atoms with Crippen molar-refractivity contribution in [2.24, 2.45) is 0 Å². The Labute approximate surface area is 149 Å². The molecule has 2 aliphatic rings. The molecule has 0 saturated carbocycles. The van der Waals surface area contributed by atoms with Gasteiger partial charge in [-0.2, -0.15) is 0 Å². The molecule has 0 spiro atoms. The van der Waals surface area contributed by atoms with Crippen LogP contribution in [0.3, 0.4) is 0 Å². The van der Waals surface area contributed by atoms with E-state index in [0.29, 0.717) is 12.1 Å². The summed E-state index contributed by atoms with van der Waals surface area (Å²) < 4.78 is 5.70. The summed E-state index contributed by atoms with van der Waals surface area (Å²) in [7, 11) is 0. The number of thiophene rings is 1. The van der Waals surface area contributed by atoms with Crippen LogP contribution >= 0.6 is 11.3 Å². The van der Waals surface area contributed by atoms with Crippen LogP contribution in [0.4, 0.5) is 0 Å². The van der Waals surface area contributed by atoms with E-state index in [9.17, 15) is 4.79 Å². The van der Waals surface area contributed by atoms with E-state index in [1.54, 1.807) is 11.3 Å². The Bertz CT molecular complexity index is 536. The molecule has 2 aliphatic heterocycles. The van der Waals surface area contributed by atoms with Gasteiger partial charge in [-0.1, -0.05) is 13.0 Å². The molecule has 24 heavy (non-hydrogen) atoms. The molecular weight excluding hydrogens is 320 g/mol. The molecule has 0 bridgehead atoms. The molecule has 4 nitrogen and oxygen atoms in total. The first-order valence-electron chi connectivity index (χ1n) is 9.15. The van der Waals surface area contributed by atoms with Gasteiger partial charge in [0, 0.05) is 32.2 Å². The number of ether oxygens (including phenoxy) is 1. The van der Waals surface area contributed by atoms with Gasteiger partial charge in [-0.05, 0) is 49.6 Å². The van der Waals surface area contributed by atoms with Crippen molar-refractivity contribution in [3.8, 4) is 0 Å². The van der Waals surface area contributed by atoms with Gasteiger partial charge in [0.05, 0.1) is 11.1 Å². The van der Waals surface area contributed by atoms with Crippen LogP contribution in [0.25, 0.3) is 0 Å². The number of amides is 1. The van der Waals surface area contributed by atoms with E-state index in [0.717, 1.165) is 63.2 Å². The lowest BCUT2D eigenvalue weighted by Gasteiger charge is -2.39. The highest BCUT2D eigenvalue weighted by atomic mass is 32.1. The maximum absolute atomic E-state index is 12.8. The Morgan fingerprint density at radius 1 is 1.38 bits per heavy atom. The van der Waals surface area contributed by atoms with Gasteiger partial charge in [-0.3, -0.25) is 9.69 Å². The molecule has 1 saturated heterocycles. The average molecular weight is 349 g/mol. The van der Waals surface area contributed by atoms with Crippen molar-refractivity contribution in [1.82, 2.24) is 9.80 Å². The van der Waals surface area contributed by atoms with E-state index in [4.69, 9.17) is 4.74 Å². The Morgan fingerprint density at radius 2 is 2.21 bits per heavy atom. The first kappa shape index (κ1) is 17.5. The molecule has 1 atom stereocenters. The lowest BCUT2D eigenvalue weighted by Crippen LogP contribution is -2.49. The van der Waals surface area contributed by atoms with Gasteiger partial charge in [0.2, 0.25) is 0 Å². The van der Waals surface area contributed by atoms with Gasteiger partial charge in [0.25, 0.3) is 5.91 Å². The third-order valence-corrected chi connectivity index (χ3v) is 5.80. The Morgan fingerprint density at radius 3 is 2.83 bits per heavy atom. The average Bonchev–Trinajstić information content (AvgIpc) is 3.16. The molecule has 0 aliphatic carbocycles. The van der Waals surface area contributed by atoms with Gasteiger partial charge >= 0.3 is 0 Å². The lowest BCUT2D eigenvalue weighted by atomic mass is 10.0. The van der Waals surface area contributed by atoms with Gasteiger partial charge in [-0.15, -0.1) is 11.3 Å². The van der Waals surface area contributed by atoms with E-state index in [2.05, 4.69) is 22.8 Å². The summed E-state index contributed by atoms with van der Waals surface area (Å²) in [6.07, 6.45) is 9.69. The zero-order chi connectivity index (χ0) is 16.8. The fraction of sp³-hybridized carbons (Fsp3) is 0.632. The highest BCUT2D eigenvalue weighted by Gasteiger charge is 2.29. The third kappa shape index (κ3) is 4.39. The molecule has 0 N–H and O–H groups in total. The molecule has 1 fully saturated rings. The molecule has 1 amide bonds. The monoisotopic (exact) mass is 348 g/mol. The Hall–Kier alpha value is -1.33. The smallest absolute Gasteiger partial charge is 0.264 e. The summed E-state index contributed by atoms with van der Waals surface area (Å²) >= 11 is 1.55. The van der Waals surface area contributed by atoms with Crippen LogP contribution in [0.15, 0.2) is 29.9 Å². The molecule has 1 unspecified atom stereocenters. The highest BCUT2D eigenvalue weighted by Crippen LogP contribution is 2.22. The fourth-order valence-corrected chi connectivity index (χ4v) is 4.33. The zero-order valence-electron chi connectivity index (χ0n) is 14.5. The lowest BCUT2D eigenvalue weighted by molar-refractivity contribution is 0.0422. The van der Waals surface area contributed by atoms with Crippen molar-refractivity contribution in [3.63, 3.8) is 0 Å². The number of rotatable bonds is 6. The van der Waals surface area contributed by atoms with Crippen molar-refractivity contribution in [3.05, 3.63) is 34.7 Å². The van der Waals surface area contributed by atoms with Gasteiger partial charge in [-0.25, -0.2) is 0 Å². The number of piperidine rings is 1. The highest BCUT2D eigenvalue weighted by molar-refractivity contribution is 7.12. The first-order valence-corrected chi connectivity index (χ1v) is 10.0. The molecule has 3 rings (SSSR count). The molecular formula is C19H28N2O2S. The maximum Gasteiger partial charge on any atom is 0.264 e. The summed E-state index contributed by atoms with van der Waals surface area (Å²) in [5, 5.41) is 1.98. The number of allylic oxidation sites excluding steroid dienone is 1. The predicted octanol–water partition coefficient (Wildman–Crippen LogP) is 3.76. The number of likely N-dealkylation sites (tertiary alicyclic amines) is 1. The molecule has 5 heteroatoms. The number of hydrogen-bond acceptors (Lipinski definition) is 4. The van der Waals surface area contributed by atoms with Crippen molar-refractivity contribution in [1.29, 1.82) is 0 Å². The van der Waals surface area contributed by atoms with Crippen LogP contribution in [0.5, 0.6) is 0 Å². The summed E-state index contributed by atoms with van der Waals surface area (Å²) in [5.41, 5.74) is 0. The minimum atomic E-state index is 0.214. The summed E-state index contributed by atoms with van der Waals surface area (Å²) in [4.78, 5) is 18.3. The topological polar surface area (TPSA) is 32.8 Å². The Kier molecular flexibility index (Phi) is 6.32. The second kappa shape index (κ2) is 8.67. The van der Waals surface area contributed by atoms with Crippen molar-refractivity contribution in [2.75, 3.05) is 26.2 Å². The van der Waals surface area contributed by atoms with Crippen LogP contribution in [-0.4, -0.2) is 54.0 Å². The SMILES string of the molecule is CCCN(C(=O)c1cccs1)C1CCN(CC2CCC=CO2)CC1. The van der Waals surface area contributed by atoms with Crippen LogP contribution in [0.2, 0.25) is 0 Å². The van der Waals surface area contributed by atoms with Crippen molar-refractivity contribution in [2.45, 2.75) is 51.2 Å². The summed E-state index contributed by atoms with van der Waals surface area (Å²) in [6.45, 7) is 6.15. The second-order valence-corrected chi connectivity index (χ2v) is 7.66. The van der Waals surface area contributed by atoms with E-state index in [1.807, 2.05) is 23.8 Å². The van der Waals surface area contributed by atoms with E-state index >= 15 is 0 Å². The van der Waals surface area contributed by atoms with Crippen LogP contribution < -0.4 is 0 Å². The van der Waals surface area contributed by atoms with E-state index in [1.165, 1.54) is 0 Å². The predicted molar refractivity (Wildman–Crippen MR) is 98.4 cm³/mol. The molecule has 132 valence electrons. The number of hydrogen-bond donors (Lipinski definition) is 0. The van der Waals surface area contributed by atoms with Gasteiger partial charge in [0.15, 0.2) is 0 Å². The van der Waals surface area contributed by atoms with Gasteiger partial charge < -0.3 is 9.64 Å². The fourth-order valence-electron chi connectivity index (χ4n) is 3.65. The van der Waals surface area contributed by atoms with Gasteiger partial charge in [0.1, 0.15) is 6.10 Å². The van der Waals surface area contributed by atoms with Crippen LogP contribution in [0, 0.1) is 0 Å². The number of nitrogens with zero attached hydrogens (tertiary/aromatic N) is 2. The maximum atomic E-state index is 12.8. The molecule has 0 aromatic carbocycles. The minimum Gasteiger partial charge on any atom is -0.497 e. The molecule has 1 aromatic rings. The molecule has 0 radical (unpaired) electrons. The summed E-state index contributed by atoms with van der Waals surface area (Å²) in [5.74, 6) is 0.214. The van der Waals surface area contributed by atoms with Crippen molar-refractivity contribution >= 4 is 17.2 Å². The normalized spacial score (nSPS) is 22.3. The standard InChI is InChI=1S/C19H28N2O2S/c1-2-10-21(19(22)18-7-5-14-24-18)16-8-11-20(12-9-16)15-17-6-3-4-13-23-17/h4-5,7,13-14,16-17H,2-3,6,8-12,15H2,1H3. The minimum absolute atomic E-state index is 0.214.